The fourth-order valence-corrected chi connectivity index (χ4v) is 2.93. The van der Waals surface area contributed by atoms with E-state index in [2.05, 4.69) is 26.2 Å². The molecule has 3 rings (SSSR count). The van der Waals surface area contributed by atoms with Crippen LogP contribution in [0.1, 0.15) is 15.9 Å². The molecule has 0 fully saturated rings. The van der Waals surface area contributed by atoms with Crippen LogP contribution in [0, 0.1) is 6.92 Å². The SMILES string of the molecule is Cc1cc(Br)c(NC(=O)c2cccc3cc[nH]c23)cc1Cl. The number of aromatic amines is 1. The summed E-state index contributed by atoms with van der Waals surface area (Å²) in [7, 11) is 0. The number of aromatic nitrogens is 1. The number of H-pyrrole nitrogens is 1. The van der Waals surface area contributed by atoms with Gasteiger partial charge in [0.15, 0.2) is 0 Å². The van der Waals surface area contributed by atoms with Gasteiger partial charge < -0.3 is 10.3 Å². The molecule has 0 saturated carbocycles. The number of para-hydroxylation sites is 1. The minimum Gasteiger partial charge on any atom is -0.361 e. The predicted molar refractivity (Wildman–Crippen MR) is 90.1 cm³/mol. The summed E-state index contributed by atoms with van der Waals surface area (Å²) in [5.41, 5.74) is 3.03. The Hall–Kier alpha value is -1.78. The maximum atomic E-state index is 12.5. The summed E-state index contributed by atoms with van der Waals surface area (Å²) in [5.74, 6) is -0.177. The molecule has 1 aromatic heterocycles. The predicted octanol–water partition coefficient (Wildman–Crippen LogP) is 5.14. The Morgan fingerprint density at radius 2 is 2.10 bits per heavy atom. The highest BCUT2D eigenvalue weighted by atomic mass is 79.9. The van der Waals surface area contributed by atoms with E-state index >= 15 is 0 Å². The van der Waals surface area contributed by atoms with E-state index in [0.29, 0.717) is 16.3 Å². The van der Waals surface area contributed by atoms with Crippen LogP contribution in [-0.2, 0) is 0 Å². The molecule has 0 atom stereocenters. The maximum Gasteiger partial charge on any atom is 0.257 e. The van der Waals surface area contributed by atoms with Crippen LogP contribution >= 0.6 is 27.5 Å². The standard InChI is InChI=1S/C16H12BrClN2O/c1-9-7-12(17)14(8-13(9)18)20-16(21)11-4-2-3-10-5-6-19-15(10)11/h2-8,19H,1H3,(H,20,21). The maximum absolute atomic E-state index is 12.5. The molecule has 1 amide bonds. The average Bonchev–Trinajstić information content (AvgIpc) is 2.92. The van der Waals surface area contributed by atoms with Gasteiger partial charge >= 0.3 is 0 Å². The third-order valence-electron chi connectivity index (χ3n) is 3.33. The summed E-state index contributed by atoms with van der Waals surface area (Å²) in [6.45, 7) is 1.92. The Morgan fingerprint density at radius 1 is 1.29 bits per heavy atom. The van der Waals surface area contributed by atoms with E-state index in [1.807, 2.05) is 37.4 Å². The minimum absolute atomic E-state index is 0.177. The fraction of sp³-hybridized carbons (Fsp3) is 0.0625. The molecular formula is C16H12BrClN2O. The first-order valence-corrected chi connectivity index (χ1v) is 7.56. The van der Waals surface area contributed by atoms with E-state index in [9.17, 15) is 4.79 Å². The summed E-state index contributed by atoms with van der Waals surface area (Å²) in [6, 6.07) is 11.2. The summed E-state index contributed by atoms with van der Waals surface area (Å²) in [5, 5.41) is 4.51. The number of carbonyl (C=O) groups excluding carboxylic acids is 1. The molecule has 106 valence electrons. The normalized spacial score (nSPS) is 10.8. The van der Waals surface area contributed by atoms with Crippen molar-refractivity contribution in [2.24, 2.45) is 0 Å². The lowest BCUT2D eigenvalue weighted by molar-refractivity contribution is 0.102. The molecule has 0 radical (unpaired) electrons. The Morgan fingerprint density at radius 3 is 2.90 bits per heavy atom. The third-order valence-corrected chi connectivity index (χ3v) is 4.39. The van der Waals surface area contributed by atoms with Crippen molar-refractivity contribution in [1.82, 2.24) is 4.98 Å². The number of hydrogen-bond acceptors (Lipinski definition) is 1. The van der Waals surface area contributed by atoms with Crippen molar-refractivity contribution in [3.05, 3.63) is 63.2 Å². The van der Waals surface area contributed by atoms with Crippen molar-refractivity contribution in [2.45, 2.75) is 6.92 Å². The van der Waals surface area contributed by atoms with Crippen LogP contribution in [-0.4, -0.2) is 10.9 Å². The van der Waals surface area contributed by atoms with Crippen LogP contribution < -0.4 is 5.32 Å². The third kappa shape index (κ3) is 2.69. The number of rotatable bonds is 2. The van der Waals surface area contributed by atoms with Crippen molar-refractivity contribution in [3.8, 4) is 0 Å². The first kappa shape index (κ1) is 14.2. The molecule has 0 aliphatic heterocycles. The van der Waals surface area contributed by atoms with Crippen molar-refractivity contribution in [1.29, 1.82) is 0 Å². The second-order valence-electron chi connectivity index (χ2n) is 4.78. The number of nitrogens with one attached hydrogen (secondary N) is 2. The highest BCUT2D eigenvalue weighted by molar-refractivity contribution is 9.10. The highest BCUT2D eigenvalue weighted by Crippen LogP contribution is 2.30. The molecule has 3 aromatic rings. The van der Waals surface area contributed by atoms with Crippen molar-refractivity contribution < 1.29 is 4.79 Å². The monoisotopic (exact) mass is 362 g/mol. The zero-order valence-corrected chi connectivity index (χ0v) is 13.5. The lowest BCUT2D eigenvalue weighted by Gasteiger charge is -2.10. The van der Waals surface area contributed by atoms with Crippen LogP contribution in [0.15, 0.2) is 47.1 Å². The van der Waals surface area contributed by atoms with Gasteiger partial charge in [-0.25, -0.2) is 0 Å². The number of aryl methyl sites for hydroxylation is 1. The second-order valence-corrected chi connectivity index (χ2v) is 6.04. The van der Waals surface area contributed by atoms with Gasteiger partial charge in [-0.1, -0.05) is 23.7 Å². The number of hydrogen-bond donors (Lipinski definition) is 2. The van der Waals surface area contributed by atoms with E-state index in [0.717, 1.165) is 20.9 Å². The van der Waals surface area contributed by atoms with Gasteiger partial charge in [0, 0.05) is 21.1 Å². The van der Waals surface area contributed by atoms with Gasteiger partial charge in [0.05, 0.1) is 16.8 Å². The van der Waals surface area contributed by atoms with E-state index in [4.69, 9.17) is 11.6 Å². The van der Waals surface area contributed by atoms with E-state index in [1.165, 1.54) is 0 Å². The Kier molecular flexibility index (Phi) is 3.74. The van der Waals surface area contributed by atoms with Crippen LogP contribution in [0.3, 0.4) is 0 Å². The Labute approximate surface area is 135 Å². The number of amides is 1. The Bertz CT molecular complexity index is 841. The van der Waals surface area contributed by atoms with Crippen LogP contribution in [0.4, 0.5) is 5.69 Å². The van der Waals surface area contributed by atoms with Crippen LogP contribution in [0.5, 0.6) is 0 Å². The van der Waals surface area contributed by atoms with Crippen molar-refractivity contribution >= 4 is 50.0 Å². The molecule has 0 aliphatic carbocycles. The highest BCUT2D eigenvalue weighted by Gasteiger charge is 2.13. The average molecular weight is 364 g/mol. The van der Waals surface area contributed by atoms with E-state index in [-0.39, 0.29) is 5.91 Å². The topological polar surface area (TPSA) is 44.9 Å². The van der Waals surface area contributed by atoms with Gasteiger partial charge in [0.2, 0.25) is 0 Å². The van der Waals surface area contributed by atoms with Gasteiger partial charge in [0.25, 0.3) is 5.91 Å². The van der Waals surface area contributed by atoms with Gasteiger partial charge in [-0.05, 0) is 52.7 Å². The van der Waals surface area contributed by atoms with Crippen molar-refractivity contribution in [2.75, 3.05) is 5.32 Å². The smallest absolute Gasteiger partial charge is 0.257 e. The molecule has 2 aromatic carbocycles. The molecule has 0 spiro atoms. The summed E-state index contributed by atoms with van der Waals surface area (Å²) >= 11 is 9.56. The van der Waals surface area contributed by atoms with Gasteiger partial charge in [0.1, 0.15) is 0 Å². The molecule has 5 heteroatoms. The number of anilines is 1. The van der Waals surface area contributed by atoms with Gasteiger partial charge in [-0.2, -0.15) is 0 Å². The van der Waals surface area contributed by atoms with Crippen molar-refractivity contribution in [3.63, 3.8) is 0 Å². The van der Waals surface area contributed by atoms with Gasteiger partial charge in [-0.3, -0.25) is 4.79 Å². The zero-order chi connectivity index (χ0) is 15.0. The summed E-state index contributed by atoms with van der Waals surface area (Å²) < 4.78 is 0.802. The Balaban J connectivity index is 1.97. The van der Waals surface area contributed by atoms with E-state index in [1.54, 1.807) is 12.1 Å². The number of halogens is 2. The summed E-state index contributed by atoms with van der Waals surface area (Å²) in [4.78, 5) is 15.6. The van der Waals surface area contributed by atoms with Crippen LogP contribution in [0.25, 0.3) is 10.9 Å². The lowest BCUT2D eigenvalue weighted by atomic mass is 10.1. The molecular weight excluding hydrogens is 352 g/mol. The second kappa shape index (κ2) is 5.54. The molecule has 0 bridgehead atoms. The number of fused-ring (bicyclic) bond motifs is 1. The zero-order valence-electron chi connectivity index (χ0n) is 11.2. The van der Waals surface area contributed by atoms with E-state index < -0.39 is 0 Å². The molecule has 2 N–H and O–H groups in total. The fourth-order valence-electron chi connectivity index (χ4n) is 2.21. The molecule has 0 saturated heterocycles. The molecule has 0 unspecified atom stereocenters. The quantitative estimate of drug-likeness (QED) is 0.650. The summed E-state index contributed by atoms with van der Waals surface area (Å²) in [6.07, 6.45) is 1.82. The first-order valence-electron chi connectivity index (χ1n) is 6.39. The first-order chi connectivity index (χ1) is 10.1. The molecule has 1 heterocycles. The largest absolute Gasteiger partial charge is 0.361 e. The number of carbonyl (C=O) groups is 1. The molecule has 21 heavy (non-hydrogen) atoms. The minimum atomic E-state index is -0.177. The molecule has 3 nitrogen and oxygen atoms in total. The van der Waals surface area contributed by atoms with Gasteiger partial charge in [-0.15, -0.1) is 0 Å². The molecule has 0 aliphatic rings. The van der Waals surface area contributed by atoms with Crippen LogP contribution in [0.2, 0.25) is 5.02 Å². The lowest BCUT2D eigenvalue weighted by Crippen LogP contribution is -2.13. The number of benzene rings is 2.